The van der Waals surface area contributed by atoms with Crippen LogP contribution in [0.4, 0.5) is 11.5 Å². The number of para-hydroxylation sites is 2. The minimum absolute atomic E-state index is 0.0181. The molecular formula is C15H10N8O2. The van der Waals surface area contributed by atoms with E-state index >= 15 is 0 Å². The van der Waals surface area contributed by atoms with Gasteiger partial charge in [-0.3, -0.25) is 14.7 Å². The van der Waals surface area contributed by atoms with Crippen LogP contribution >= 0.6 is 0 Å². The molecule has 10 nitrogen and oxygen atoms in total. The Hall–Kier alpha value is -4.05. The van der Waals surface area contributed by atoms with E-state index in [1.54, 1.807) is 24.3 Å². The third-order valence-corrected chi connectivity index (χ3v) is 3.47. The Bertz CT molecular complexity index is 1010. The lowest BCUT2D eigenvalue weighted by Gasteiger charge is -2.17. The van der Waals surface area contributed by atoms with Crippen molar-refractivity contribution in [2.75, 3.05) is 18.0 Å². The van der Waals surface area contributed by atoms with Gasteiger partial charge in [0.15, 0.2) is 0 Å². The molecule has 0 bridgehead atoms. The van der Waals surface area contributed by atoms with Crippen LogP contribution in [0.1, 0.15) is 0 Å². The number of nitrogens with zero attached hydrogens (tertiary/aromatic N) is 8. The van der Waals surface area contributed by atoms with E-state index in [2.05, 4.69) is 15.0 Å². The molecule has 3 rings (SSSR count). The van der Waals surface area contributed by atoms with Crippen molar-refractivity contribution in [2.24, 2.45) is 0 Å². The van der Waals surface area contributed by atoms with Gasteiger partial charge in [-0.25, -0.2) is 15.0 Å². The van der Waals surface area contributed by atoms with Crippen molar-refractivity contribution in [3.63, 3.8) is 0 Å². The van der Waals surface area contributed by atoms with Crippen LogP contribution in [0.2, 0.25) is 0 Å². The first-order valence-corrected chi connectivity index (χ1v) is 7.08. The van der Waals surface area contributed by atoms with E-state index in [-0.39, 0.29) is 24.7 Å². The Morgan fingerprint density at radius 3 is 2.56 bits per heavy atom. The highest BCUT2D eigenvalue weighted by atomic mass is 16.6. The first-order valence-electron chi connectivity index (χ1n) is 7.08. The molecular weight excluding hydrogens is 324 g/mol. The molecule has 0 N–H and O–H groups in total. The van der Waals surface area contributed by atoms with Crippen molar-refractivity contribution in [3.8, 4) is 18.0 Å². The minimum atomic E-state index is -0.624. The van der Waals surface area contributed by atoms with Gasteiger partial charge in [0.25, 0.3) is 0 Å². The topological polar surface area (TPSA) is 138 Å². The van der Waals surface area contributed by atoms with Crippen LogP contribution in [-0.2, 0) is 0 Å². The molecule has 0 unspecified atom stereocenters. The number of nitro groups is 1. The second kappa shape index (κ2) is 6.60. The standard InChI is InChI=1S/C15H10N8O2/c16-5-7-21(8-6-17)14-13(23(24)25)15(19-9-18-14)22-10-20-11-3-1-2-4-12(11)22/h1-4,9-10H,7-8H2. The zero-order valence-corrected chi connectivity index (χ0v) is 12.8. The SMILES string of the molecule is N#CCN(CC#N)c1ncnc(-n2cnc3ccccc32)c1[N+](=O)[O-]. The van der Waals surface area contributed by atoms with Gasteiger partial charge >= 0.3 is 5.69 Å². The lowest BCUT2D eigenvalue weighted by molar-refractivity contribution is -0.384. The summed E-state index contributed by atoms with van der Waals surface area (Å²) in [5.74, 6) is -0.0690. The second-order valence-electron chi connectivity index (χ2n) is 4.90. The Labute approximate surface area is 141 Å². The highest BCUT2D eigenvalue weighted by Gasteiger charge is 2.28. The van der Waals surface area contributed by atoms with Gasteiger partial charge in [-0.2, -0.15) is 10.5 Å². The fraction of sp³-hybridized carbons (Fsp3) is 0.133. The van der Waals surface area contributed by atoms with E-state index in [0.29, 0.717) is 11.0 Å². The summed E-state index contributed by atoms with van der Waals surface area (Å²) in [5, 5.41) is 29.5. The Kier molecular flexibility index (Phi) is 4.18. The normalized spacial score (nSPS) is 10.2. The quantitative estimate of drug-likeness (QED) is 0.389. The molecule has 1 aromatic carbocycles. The minimum Gasteiger partial charge on any atom is -0.324 e. The highest BCUT2D eigenvalue weighted by Crippen LogP contribution is 2.32. The zero-order valence-electron chi connectivity index (χ0n) is 12.8. The average Bonchev–Trinajstić information content (AvgIpc) is 3.04. The summed E-state index contributed by atoms with van der Waals surface area (Å²) in [6, 6.07) is 10.9. The van der Waals surface area contributed by atoms with E-state index in [0.717, 1.165) is 6.33 Å². The van der Waals surface area contributed by atoms with Gasteiger partial charge in [0.1, 0.15) is 25.7 Å². The lowest BCUT2D eigenvalue weighted by atomic mass is 10.3. The van der Waals surface area contributed by atoms with Crippen molar-refractivity contribution in [2.45, 2.75) is 0 Å². The van der Waals surface area contributed by atoms with Crippen LogP contribution in [0.5, 0.6) is 0 Å². The van der Waals surface area contributed by atoms with E-state index in [1.165, 1.54) is 15.8 Å². The molecule has 0 fully saturated rings. The first kappa shape index (κ1) is 15.8. The molecule has 0 aliphatic carbocycles. The number of rotatable bonds is 5. The van der Waals surface area contributed by atoms with Gasteiger partial charge in [0.05, 0.1) is 28.1 Å². The van der Waals surface area contributed by atoms with Gasteiger partial charge in [0, 0.05) is 0 Å². The molecule has 0 aliphatic heterocycles. The van der Waals surface area contributed by atoms with Gasteiger partial charge in [0.2, 0.25) is 11.6 Å². The summed E-state index contributed by atoms with van der Waals surface area (Å²) in [5.41, 5.74) is 0.904. The highest BCUT2D eigenvalue weighted by molar-refractivity contribution is 5.79. The number of hydrogen-bond acceptors (Lipinski definition) is 8. The molecule has 0 spiro atoms. The molecule has 0 saturated heterocycles. The number of nitriles is 2. The van der Waals surface area contributed by atoms with Crippen molar-refractivity contribution in [1.29, 1.82) is 10.5 Å². The average molecular weight is 334 g/mol. The van der Waals surface area contributed by atoms with Crippen LogP contribution in [0.15, 0.2) is 36.9 Å². The third kappa shape index (κ3) is 2.80. The third-order valence-electron chi connectivity index (χ3n) is 3.47. The van der Waals surface area contributed by atoms with E-state index in [4.69, 9.17) is 10.5 Å². The van der Waals surface area contributed by atoms with Crippen LogP contribution in [0.3, 0.4) is 0 Å². The fourth-order valence-electron chi connectivity index (χ4n) is 2.44. The summed E-state index contributed by atoms with van der Waals surface area (Å²) < 4.78 is 1.48. The summed E-state index contributed by atoms with van der Waals surface area (Å²) in [7, 11) is 0. The second-order valence-corrected chi connectivity index (χ2v) is 4.90. The zero-order chi connectivity index (χ0) is 17.8. The Balaban J connectivity index is 2.25. The number of imidazole rings is 1. The first-order chi connectivity index (χ1) is 12.2. The Morgan fingerprint density at radius 2 is 1.88 bits per heavy atom. The monoisotopic (exact) mass is 334 g/mol. The molecule has 0 saturated carbocycles. The van der Waals surface area contributed by atoms with Gasteiger partial charge < -0.3 is 4.90 Å². The molecule has 3 aromatic rings. The van der Waals surface area contributed by atoms with Crippen molar-refractivity contribution < 1.29 is 4.92 Å². The molecule has 2 heterocycles. The van der Waals surface area contributed by atoms with E-state index in [1.807, 2.05) is 12.1 Å². The van der Waals surface area contributed by atoms with Crippen LogP contribution in [0.25, 0.3) is 16.9 Å². The predicted molar refractivity (Wildman–Crippen MR) is 86.8 cm³/mol. The van der Waals surface area contributed by atoms with E-state index < -0.39 is 10.6 Å². The maximum Gasteiger partial charge on any atom is 0.354 e. The van der Waals surface area contributed by atoms with E-state index in [9.17, 15) is 10.1 Å². The largest absolute Gasteiger partial charge is 0.354 e. The molecule has 10 heteroatoms. The lowest BCUT2D eigenvalue weighted by Crippen LogP contribution is -2.26. The summed E-state index contributed by atoms with van der Waals surface area (Å²) in [4.78, 5) is 24.5. The Morgan fingerprint density at radius 1 is 1.16 bits per heavy atom. The predicted octanol–water partition coefficient (Wildman–Crippen LogP) is 1.58. The summed E-state index contributed by atoms with van der Waals surface area (Å²) in [6.45, 7) is -0.426. The number of fused-ring (bicyclic) bond motifs is 1. The van der Waals surface area contributed by atoms with Gasteiger partial charge in [-0.15, -0.1) is 0 Å². The van der Waals surface area contributed by atoms with Crippen molar-refractivity contribution in [3.05, 3.63) is 47.0 Å². The molecule has 2 aromatic heterocycles. The molecule has 0 radical (unpaired) electrons. The van der Waals surface area contributed by atoms with Crippen LogP contribution in [-0.4, -0.2) is 37.5 Å². The summed E-state index contributed by atoms with van der Waals surface area (Å²) in [6.07, 6.45) is 2.59. The van der Waals surface area contributed by atoms with Crippen LogP contribution < -0.4 is 4.90 Å². The number of anilines is 1. The molecule has 0 atom stereocenters. The fourth-order valence-corrected chi connectivity index (χ4v) is 2.44. The maximum absolute atomic E-state index is 11.7. The smallest absolute Gasteiger partial charge is 0.324 e. The van der Waals surface area contributed by atoms with Crippen molar-refractivity contribution in [1.82, 2.24) is 19.5 Å². The number of benzene rings is 1. The molecule has 122 valence electrons. The van der Waals surface area contributed by atoms with Crippen LogP contribution in [0, 0.1) is 32.8 Å². The van der Waals surface area contributed by atoms with Crippen molar-refractivity contribution >= 4 is 22.5 Å². The number of aromatic nitrogens is 4. The number of hydrogen-bond donors (Lipinski definition) is 0. The summed E-state index contributed by atoms with van der Waals surface area (Å²) >= 11 is 0. The van der Waals surface area contributed by atoms with Gasteiger partial charge in [-0.05, 0) is 12.1 Å². The maximum atomic E-state index is 11.7. The molecule has 25 heavy (non-hydrogen) atoms. The molecule has 0 amide bonds. The van der Waals surface area contributed by atoms with Gasteiger partial charge in [-0.1, -0.05) is 12.1 Å². The molecule has 0 aliphatic rings.